The minimum atomic E-state index is -1.62. The molecule has 0 unspecified atom stereocenters. The summed E-state index contributed by atoms with van der Waals surface area (Å²) >= 11 is 0. The number of fused-ring (bicyclic) bond motifs is 1. The van der Waals surface area contributed by atoms with Crippen molar-refractivity contribution in [1.82, 2.24) is 20.9 Å². The highest BCUT2D eigenvalue weighted by Gasteiger charge is 2.42. The number of anilines is 1. The number of nitrogens with one attached hydrogen (secondary N) is 3. The molecule has 1 fully saturated rings. The second kappa shape index (κ2) is 8.82. The average molecular weight is 443 g/mol. The Morgan fingerprint density at radius 1 is 1.28 bits per heavy atom. The lowest BCUT2D eigenvalue weighted by molar-refractivity contribution is -0.130. The van der Waals surface area contributed by atoms with E-state index in [0.717, 1.165) is 24.1 Å². The highest BCUT2D eigenvalue weighted by atomic mass is 19.1. The molecule has 2 aliphatic rings. The van der Waals surface area contributed by atoms with Crippen LogP contribution in [0.3, 0.4) is 0 Å². The van der Waals surface area contributed by atoms with E-state index in [4.69, 9.17) is 5.73 Å². The molecule has 170 valence electrons. The number of benzene rings is 1. The normalized spacial score (nSPS) is 25.2. The fraction of sp³-hybridized carbons (Fsp3) is 0.435. The first kappa shape index (κ1) is 22.1. The maximum absolute atomic E-state index is 15.2. The summed E-state index contributed by atoms with van der Waals surface area (Å²) in [6.45, 7) is 1.61. The molecule has 5 N–H and O–H groups in total. The molecule has 4 atom stereocenters. The molecule has 1 aliphatic heterocycles. The summed E-state index contributed by atoms with van der Waals surface area (Å²) in [6.07, 6.45) is 1.51. The van der Waals surface area contributed by atoms with Crippen molar-refractivity contribution in [2.75, 3.05) is 12.3 Å². The van der Waals surface area contributed by atoms with Crippen LogP contribution in [0.25, 0.3) is 0 Å². The number of alkyl halides is 1. The zero-order valence-corrected chi connectivity index (χ0v) is 17.8. The summed E-state index contributed by atoms with van der Waals surface area (Å²) in [6, 6.07) is 7.54. The number of nitrogens with zero attached hydrogens (tertiary/aromatic N) is 1. The number of rotatable bonds is 6. The van der Waals surface area contributed by atoms with E-state index in [1.54, 1.807) is 25.1 Å². The third kappa shape index (κ3) is 4.88. The zero-order chi connectivity index (χ0) is 22.9. The molecule has 0 bridgehead atoms. The third-order valence-corrected chi connectivity index (χ3v) is 6.13. The molecule has 0 spiro atoms. The Morgan fingerprint density at radius 2 is 2.03 bits per heavy atom. The van der Waals surface area contributed by atoms with Crippen molar-refractivity contribution in [2.45, 2.75) is 56.4 Å². The second-order valence-electron chi connectivity index (χ2n) is 8.69. The van der Waals surface area contributed by atoms with E-state index < -0.39 is 23.7 Å². The van der Waals surface area contributed by atoms with Gasteiger partial charge in [-0.05, 0) is 49.1 Å². The van der Waals surface area contributed by atoms with Gasteiger partial charge in [0.25, 0.3) is 0 Å². The van der Waals surface area contributed by atoms with E-state index in [1.807, 2.05) is 6.07 Å². The number of halogens is 2. The Hall–Kier alpha value is -3.07. The van der Waals surface area contributed by atoms with Crippen LogP contribution >= 0.6 is 0 Å². The van der Waals surface area contributed by atoms with E-state index in [1.165, 1.54) is 12.1 Å². The van der Waals surface area contributed by atoms with Gasteiger partial charge in [0.1, 0.15) is 23.3 Å². The van der Waals surface area contributed by atoms with Crippen LogP contribution in [-0.2, 0) is 22.4 Å². The zero-order valence-electron chi connectivity index (χ0n) is 17.8. The number of amides is 2. The number of carbonyl (C=O) groups is 2. The van der Waals surface area contributed by atoms with Crippen molar-refractivity contribution in [3.63, 3.8) is 0 Å². The van der Waals surface area contributed by atoms with Crippen LogP contribution < -0.4 is 21.7 Å². The first-order valence-corrected chi connectivity index (χ1v) is 10.8. The summed E-state index contributed by atoms with van der Waals surface area (Å²) < 4.78 is 28.3. The van der Waals surface area contributed by atoms with E-state index in [-0.39, 0.29) is 37.2 Å². The number of nitrogen functional groups attached to an aromatic ring is 1. The van der Waals surface area contributed by atoms with Gasteiger partial charge in [-0.2, -0.15) is 0 Å². The summed E-state index contributed by atoms with van der Waals surface area (Å²) in [5.41, 5.74) is 6.58. The second-order valence-corrected chi connectivity index (χ2v) is 8.69. The van der Waals surface area contributed by atoms with Gasteiger partial charge in [0, 0.05) is 25.1 Å². The summed E-state index contributed by atoms with van der Waals surface area (Å²) in [4.78, 5) is 29.5. The molecule has 2 heterocycles. The average Bonchev–Trinajstić information content (AvgIpc) is 3.33. The lowest BCUT2D eigenvalue weighted by Gasteiger charge is -2.21. The lowest BCUT2D eigenvalue weighted by atomic mass is 9.93. The molecule has 7 nitrogen and oxygen atoms in total. The number of aryl methyl sites for hydroxylation is 1. The van der Waals surface area contributed by atoms with Gasteiger partial charge >= 0.3 is 0 Å². The van der Waals surface area contributed by atoms with Gasteiger partial charge in [0.05, 0.1) is 12.1 Å². The molecular formula is C23H27F2N5O2. The minimum Gasteiger partial charge on any atom is -0.384 e. The molecule has 32 heavy (non-hydrogen) atoms. The van der Waals surface area contributed by atoms with Gasteiger partial charge < -0.3 is 21.7 Å². The largest absolute Gasteiger partial charge is 0.384 e. The summed E-state index contributed by atoms with van der Waals surface area (Å²) in [5, 5.41) is 8.52. The Kier molecular flexibility index (Phi) is 6.10. The third-order valence-electron chi connectivity index (χ3n) is 6.13. The van der Waals surface area contributed by atoms with Crippen molar-refractivity contribution in [2.24, 2.45) is 0 Å². The Morgan fingerprint density at radius 3 is 2.78 bits per heavy atom. The van der Waals surface area contributed by atoms with Gasteiger partial charge in [0.2, 0.25) is 11.8 Å². The monoisotopic (exact) mass is 443 g/mol. The molecule has 2 aromatic rings. The standard InChI is InChI=1S/C23H27F2N5O2/c1-13(21(31)30-18-8-7-17-16(18)6-9-20(26)29-17)28-22(32)19-11-23(25,12-27-19)10-14-2-4-15(24)5-3-14/h2-6,9,13,18-19,27H,7-8,10-12H2,1H3,(H2,26,29)(H,28,32)(H,30,31)/t13-,18+,19+,23+/m0/s1. The van der Waals surface area contributed by atoms with Crippen LogP contribution in [0.5, 0.6) is 0 Å². The first-order valence-electron chi connectivity index (χ1n) is 10.8. The van der Waals surface area contributed by atoms with Crippen LogP contribution in [0.4, 0.5) is 14.6 Å². The van der Waals surface area contributed by atoms with E-state index >= 15 is 4.39 Å². The maximum atomic E-state index is 15.2. The smallest absolute Gasteiger partial charge is 0.242 e. The van der Waals surface area contributed by atoms with Crippen molar-refractivity contribution in [3.8, 4) is 0 Å². The van der Waals surface area contributed by atoms with Crippen LogP contribution in [-0.4, -0.2) is 41.1 Å². The SMILES string of the molecule is C[C@H](NC(=O)[C@H]1C[C@](F)(Cc2ccc(F)cc2)CN1)C(=O)N[C@@H]1CCc2nc(N)ccc21. The number of hydrogen-bond donors (Lipinski definition) is 4. The van der Waals surface area contributed by atoms with Crippen molar-refractivity contribution in [1.29, 1.82) is 0 Å². The number of aromatic nitrogens is 1. The molecule has 1 aromatic carbocycles. The Balaban J connectivity index is 1.29. The van der Waals surface area contributed by atoms with Gasteiger partial charge in [0.15, 0.2) is 0 Å². The van der Waals surface area contributed by atoms with Crippen LogP contribution in [0, 0.1) is 5.82 Å². The number of pyridine rings is 1. The van der Waals surface area contributed by atoms with Gasteiger partial charge in [-0.1, -0.05) is 18.2 Å². The van der Waals surface area contributed by atoms with Crippen LogP contribution in [0.2, 0.25) is 0 Å². The highest BCUT2D eigenvalue weighted by Crippen LogP contribution is 2.31. The van der Waals surface area contributed by atoms with Crippen molar-refractivity contribution >= 4 is 17.6 Å². The maximum Gasteiger partial charge on any atom is 0.242 e. The topological polar surface area (TPSA) is 109 Å². The molecule has 1 saturated heterocycles. The van der Waals surface area contributed by atoms with E-state index in [0.29, 0.717) is 11.4 Å². The van der Waals surface area contributed by atoms with Gasteiger partial charge in [-0.3, -0.25) is 9.59 Å². The molecule has 0 radical (unpaired) electrons. The molecule has 4 rings (SSSR count). The molecular weight excluding hydrogens is 416 g/mol. The molecule has 1 aromatic heterocycles. The predicted octanol–water partition coefficient (Wildman–Crippen LogP) is 1.72. The summed E-state index contributed by atoms with van der Waals surface area (Å²) in [7, 11) is 0. The van der Waals surface area contributed by atoms with E-state index in [9.17, 15) is 14.0 Å². The first-order chi connectivity index (χ1) is 15.2. The van der Waals surface area contributed by atoms with Gasteiger partial charge in [-0.15, -0.1) is 0 Å². The van der Waals surface area contributed by atoms with Crippen LogP contribution in [0.1, 0.15) is 42.6 Å². The predicted molar refractivity (Wildman–Crippen MR) is 116 cm³/mol. The molecule has 0 saturated carbocycles. The van der Waals surface area contributed by atoms with Crippen molar-refractivity contribution in [3.05, 3.63) is 59.0 Å². The van der Waals surface area contributed by atoms with E-state index in [2.05, 4.69) is 20.9 Å². The molecule has 9 heteroatoms. The molecule has 2 amide bonds. The highest BCUT2D eigenvalue weighted by molar-refractivity contribution is 5.90. The minimum absolute atomic E-state index is 0.0119. The lowest BCUT2D eigenvalue weighted by Crippen LogP contribution is -2.50. The Bertz CT molecular complexity index is 1020. The number of carbonyl (C=O) groups excluding carboxylic acids is 2. The van der Waals surface area contributed by atoms with Crippen LogP contribution in [0.15, 0.2) is 36.4 Å². The van der Waals surface area contributed by atoms with Gasteiger partial charge in [-0.25, -0.2) is 13.8 Å². The van der Waals surface area contributed by atoms with Crippen molar-refractivity contribution < 1.29 is 18.4 Å². The number of hydrogen-bond acceptors (Lipinski definition) is 5. The fourth-order valence-corrected chi connectivity index (χ4v) is 4.41. The quantitative estimate of drug-likeness (QED) is 0.544. The molecule has 1 aliphatic carbocycles. The number of nitrogens with two attached hydrogens (primary N) is 1. The summed E-state index contributed by atoms with van der Waals surface area (Å²) in [5.74, 6) is -0.669. The fourth-order valence-electron chi connectivity index (χ4n) is 4.41. The Labute approximate surface area is 185 Å².